The van der Waals surface area contributed by atoms with Gasteiger partial charge in [0, 0.05) is 48.5 Å². The molecule has 0 aliphatic carbocycles. The molecule has 1 N–H and O–H groups in total. The third-order valence-corrected chi connectivity index (χ3v) is 2.87. The first kappa shape index (κ1) is 16.4. The number of rotatable bonds is 7. The van der Waals surface area contributed by atoms with Gasteiger partial charge in [-0.05, 0) is 42.8 Å². The van der Waals surface area contributed by atoms with Crippen molar-refractivity contribution in [3.05, 3.63) is 22.3 Å². The third-order valence-electron chi connectivity index (χ3n) is 2.43. The Labute approximate surface area is 124 Å². The lowest BCUT2D eigenvalue weighted by molar-refractivity contribution is 0.170. The van der Waals surface area contributed by atoms with Crippen LogP contribution in [0.15, 0.2) is 16.7 Å². The van der Waals surface area contributed by atoms with Gasteiger partial charge in [-0.2, -0.15) is 0 Å². The molecule has 108 valence electrons. The lowest BCUT2D eigenvalue weighted by Crippen LogP contribution is -2.35. The highest BCUT2D eigenvalue weighted by Gasteiger charge is 2.12. The molecule has 0 aliphatic rings. The number of halogens is 1. The maximum absolute atomic E-state index is 5.71. The van der Waals surface area contributed by atoms with E-state index in [2.05, 4.69) is 47.0 Å². The Morgan fingerprint density at radius 1 is 1.32 bits per heavy atom. The fourth-order valence-electron chi connectivity index (χ4n) is 1.46. The Hall–Kier alpha value is -0.650. The first-order valence-electron chi connectivity index (χ1n) is 6.43. The first-order chi connectivity index (χ1) is 8.92. The van der Waals surface area contributed by atoms with Gasteiger partial charge < -0.3 is 14.8 Å². The molecule has 0 saturated heterocycles. The molecule has 5 heteroatoms. The third kappa shape index (κ3) is 6.89. The number of ether oxygens (including phenoxy) is 2. The number of hydrogen-bond acceptors (Lipinski definition) is 4. The van der Waals surface area contributed by atoms with Gasteiger partial charge in [0.15, 0.2) is 0 Å². The summed E-state index contributed by atoms with van der Waals surface area (Å²) in [5.41, 5.74) is 1.12. The predicted octanol–water partition coefficient (Wildman–Crippen LogP) is 3.15. The second kappa shape index (κ2) is 7.82. The van der Waals surface area contributed by atoms with Gasteiger partial charge in [-0.15, -0.1) is 0 Å². The molecule has 1 rings (SSSR count). The highest BCUT2D eigenvalue weighted by atomic mass is 79.9. The highest BCUT2D eigenvalue weighted by molar-refractivity contribution is 9.10. The van der Waals surface area contributed by atoms with E-state index in [1.165, 1.54) is 0 Å². The molecule has 0 unspecified atom stereocenters. The molecule has 0 saturated carbocycles. The molecule has 1 heterocycles. The molecule has 0 fully saturated rings. The van der Waals surface area contributed by atoms with Crippen molar-refractivity contribution in [2.24, 2.45) is 0 Å². The van der Waals surface area contributed by atoms with Crippen LogP contribution in [-0.4, -0.2) is 30.8 Å². The van der Waals surface area contributed by atoms with E-state index in [1.807, 2.05) is 6.07 Å². The van der Waals surface area contributed by atoms with Crippen molar-refractivity contribution in [3.63, 3.8) is 0 Å². The van der Waals surface area contributed by atoms with Gasteiger partial charge in [0.25, 0.3) is 0 Å². The fraction of sp³-hybridized carbons (Fsp3) is 0.643. The van der Waals surface area contributed by atoms with Gasteiger partial charge in [0.2, 0.25) is 5.88 Å². The van der Waals surface area contributed by atoms with Gasteiger partial charge in [-0.25, -0.2) is 4.98 Å². The number of aromatic nitrogens is 1. The van der Waals surface area contributed by atoms with Crippen molar-refractivity contribution >= 4 is 15.9 Å². The summed E-state index contributed by atoms with van der Waals surface area (Å²) in [6.07, 6.45) is 2.62. The van der Waals surface area contributed by atoms with Crippen molar-refractivity contribution in [2.45, 2.75) is 39.3 Å². The standard InChI is InChI=1S/C14H23BrN2O2/c1-14(2,3)17-9-11-8-12(15)10-16-13(11)19-7-5-6-18-4/h8,10,17H,5-7,9H2,1-4H3. The van der Waals surface area contributed by atoms with Crippen LogP contribution in [0.3, 0.4) is 0 Å². The molecule has 0 spiro atoms. The minimum Gasteiger partial charge on any atom is -0.477 e. The van der Waals surface area contributed by atoms with Crippen LogP contribution in [0.2, 0.25) is 0 Å². The van der Waals surface area contributed by atoms with E-state index in [9.17, 15) is 0 Å². The van der Waals surface area contributed by atoms with Crippen LogP contribution < -0.4 is 10.1 Å². The van der Waals surface area contributed by atoms with Crippen molar-refractivity contribution < 1.29 is 9.47 Å². The van der Waals surface area contributed by atoms with Crippen molar-refractivity contribution in [3.8, 4) is 5.88 Å². The number of pyridine rings is 1. The summed E-state index contributed by atoms with van der Waals surface area (Å²) in [5, 5.41) is 3.44. The normalized spacial score (nSPS) is 11.6. The Morgan fingerprint density at radius 2 is 2.05 bits per heavy atom. The molecule has 0 radical (unpaired) electrons. The number of nitrogens with one attached hydrogen (secondary N) is 1. The van der Waals surface area contributed by atoms with Crippen LogP contribution in [0.5, 0.6) is 5.88 Å². The quantitative estimate of drug-likeness (QED) is 0.780. The van der Waals surface area contributed by atoms with Crippen LogP contribution >= 0.6 is 15.9 Å². The average molecular weight is 331 g/mol. The van der Waals surface area contributed by atoms with Crippen LogP contribution in [0.1, 0.15) is 32.8 Å². The molecule has 4 nitrogen and oxygen atoms in total. The van der Waals surface area contributed by atoms with E-state index in [0.717, 1.165) is 23.0 Å². The molecule has 1 aromatic heterocycles. The van der Waals surface area contributed by atoms with E-state index >= 15 is 0 Å². The molecule has 0 aromatic carbocycles. The Balaban J connectivity index is 2.63. The van der Waals surface area contributed by atoms with Crippen LogP contribution in [0.25, 0.3) is 0 Å². The summed E-state index contributed by atoms with van der Waals surface area (Å²) >= 11 is 3.44. The zero-order chi connectivity index (χ0) is 14.3. The largest absolute Gasteiger partial charge is 0.477 e. The Morgan fingerprint density at radius 3 is 2.68 bits per heavy atom. The molecular formula is C14H23BrN2O2. The summed E-state index contributed by atoms with van der Waals surface area (Å²) < 4.78 is 11.7. The maximum atomic E-state index is 5.71. The second-order valence-corrected chi connectivity index (χ2v) is 6.33. The Kier molecular flexibility index (Phi) is 6.75. The van der Waals surface area contributed by atoms with Crippen molar-refractivity contribution in [1.29, 1.82) is 0 Å². The molecular weight excluding hydrogens is 308 g/mol. The fourth-order valence-corrected chi connectivity index (χ4v) is 1.84. The zero-order valence-corrected chi connectivity index (χ0v) is 13.7. The van der Waals surface area contributed by atoms with Crippen LogP contribution in [0, 0.1) is 0 Å². The van der Waals surface area contributed by atoms with E-state index in [1.54, 1.807) is 13.3 Å². The lowest BCUT2D eigenvalue weighted by atomic mass is 10.1. The van der Waals surface area contributed by atoms with Crippen molar-refractivity contribution in [1.82, 2.24) is 10.3 Å². The van der Waals surface area contributed by atoms with Gasteiger partial charge >= 0.3 is 0 Å². The van der Waals surface area contributed by atoms with Gasteiger partial charge in [-0.3, -0.25) is 0 Å². The summed E-state index contributed by atoms with van der Waals surface area (Å²) in [5.74, 6) is 0.691. The van der Waals surface area contributed by atoms with Gasteiger partial charge in [0.05, 0.1) is 6.61 Å². The molecule has 0 amide bonds. The topological polar surface area (TPSA) is 43.4 Å². The van der Waals surface area contributed by atoms with E-state index in [0.29, 0.717) is 19.1 Å². The average Bonchev–Trinajstić information content (AvgIpc) is 2.33. The molecule has 19 heavy (non-hydrogen) atoms. The molecule has 0 bridgehead atoms. The molecule has 0 atom stereocenters. The lowest BCUT2D eigenvalue weighted by Gasteiger charge is -2.21. The first-order valence-corrected chi connectivity index (χ1v) is 7.23. The number of methoxy groups -OCH3 is 1. The van der Waals surface area contributed by atoms with Gasteiger partial charge in [0.1, 0.15) is 0 Å². The van der Waals surface area contributed by atoms with Crippen LogP contribution in [0.4, 0.5) is 0 Å². The molecule has 0 aliphatic heterocycles. The predicted molar refractivity (Wildman–Crippen MR) is 80.5 cm³/mol. The monoisotopic (exact) mass is 330 g/mol. The molecule has 1 aromatic rings. The van der Waals surface area contributed by atoms with E-state index in [-0.39, 0.29) is 5.54 Å². The Bertz CT molecular complexity index is 392. The summed E-state index contributed by atoms with van der Waals surface area (Å²) in [6.45, 7) is 8.46. The summed E-state index contributed by atoms with van der Waals surface area (Å²) in [4.78, 5) is 4.33. The summed E-state index contributed by atoms with van der Waals surface area (Å²) in [7, 11) is 1.69. The SMILES string of the molecule is COCCCOc1ncc(Br)cc1CNC(C)(C)C. The highest BCUT2D eigenvalue weighted by Crippen LogP contribution is 2.20. The minimum absolute atomic E-state index is 0.0651. The maximum Gasteiger partial charge on any atom is 0.217 e. The number of nitrogens with zero attached hydrogens (tertiary/aromatic N) is 1. The van der Waals surface area contributed by atoms with E-state index in [4.69, 9.17) is 9.47 Å². The zero-order valence-electron chi connectivity index (χ0n) is 12.1. The van der Waals surface area contributed by atoms with Gasteiger partial charge in [-0.1, -0.05) is 0 Å². The second-order valence-electron chi connectivity index (χ2n) is 5.42. The van der Waals surface area contributed by atoms with Crippen molar-refractivity contribution in [2.75, 3.05) is 20.3 Å². The summed E-state index contributed by atoms with van der Waals surface area (Å²) in [6, 6.07) is 2.04. The van der Waals surface area contributed by atoms with E-state index < -0.39 is 0 Å². The smallest absolute Gasteiger partial charge is 0.217 e. The van der Waals surface area contributed by atoms with Crippen LogP contribution in [-0.2, 0) is 11.3 Å². The minimum atomic E-state index is 0.0651. The number of hydrogen-bond donors (Lipinski definition) is 1.